The molecule has 23 heavy (non-hydrogen) atoms. The van der Waals surface area contributed by atoms with E-state index in [-0.39, 0.29) is 30.5 Å². The number of hydrogen-bond donors (Lipinski definition) is 2. The molecule has 5 nitrogen and oxygen atoms in total. The summed E-state index contributed by atoms with van der Waals surface area (Å²) in [5.74, 6) is 0.694. The molecular formula is C15H19Cl3N2O3. The average Bonchev–Trinajstić information content (AvgIpc) is 3.11. The zero-order valence-electron chi connectivity index (χ0n) is 12.4. The number of ether oxygens (including phenoxy) is 1. The fraction of sp³-hybridized carbons (Fsp3) is 0.533. The molecule has 2 heterocycles. The van der Waals surface area contributed by atoms with Crippen molar-refractivity contribution < 1.29 is 14.6 Å². The van der Waals surface area contributed by atoms with Gasteiger partial charge in [0.15, 0.2) is 0 Å². The monoisotopic (exact) mass is 380 g/mol. The lowest BCUT2D eigenvalue weighted by molar-refractivity contribution is -0.132. The Balaban J connectivity index is 0.00000192. The highest BCUT2D eigenvalue weighted by Crippen LogP contribution is 2.28. The van der Waals surface area contributed by atoms with Crippen LogP contribution in [0.15, 0.2) is 18.2 Å². The summed E-state index contributed by atoms with van der Waals surface area (Å²) in [6.45, 7) is 1.69. The maximum atomic E-state index is 12.3. The molecule has 2 fully saturated rings. The number of carbonyl (C=O) groups excluding carboxylic acids is 1. The van der Waals surface area contributed by atoms with E-state index in [0.29, 0.717) is 41.8 Å². The van der Waals surface area contributed by atoms with E-state index in [0.717, 1.165) is 6.42 Å². The van der Waals surface area contributed by atoms with E-state index in [2.05, 4.69) is 5.32 Å². The highest BCUT2D eigenvalue weighted by atomic mass is 35.5. The Kier molecular flexibility index (Phi) is 6.40. The van der Waals surface area contributed by atoms with Gasteiger partial charge in [0.1, 0.15) is 11.9 Å². The zero-order valence-corrected chi connectivity index (χ0v) is 14.7. The number of amides is 1. The molecule has 2 aliphatic heterocycles. The quantitative estimate of drug-likeness (QED) is 0.842. The van der Waals surface area contributed by atoms with Crippen molar-refractivity contribution >= 4 is 41.5 Å². The lowest BCUT2D eigenvalue weighted by Gasteiger charge is -2.21. The van der Waals surface area contributed by atoms with Crippen molar-refractivity contribution in [1.29, 1.82) is 0 Å². The minimum Gasteiger partial charge on any atom is -0.488 e. The Morgan fingerprint density at radius 1 is 1.35 bits per heavy atom. The Labute approximate surface area is 151 Å². The van der Waals surface area contributed by atoms with Gasteiger partial charge in [-0.15, -0.1) is 12.4 Å². The summed E-state index contributed by atoms with van der Waals surface area (Å²) in [5.41, 5.74) is 0. The van der Waals surface area contributed by atoms with Crippen LogP contribution in [-0.4, -0.2) is 53.8 Å². The summed E-state index contributed by atoms with van der Waals surface area (Å²) in [5, 5.41) is 13.5. The minimum atomic E-state index is -0.431. The summed E-state index contributed by atoms with van der Waals surface area (Å²) in [4.78, 5) is 14.1. The first-order chi connectivity index (χ1) is 10.5. The standard InChI is InChI=1S/C15H18Cl2N2O3.ClH/c16-12-2-1-10(6-13(12)17)22-11-3-4-19(8-11)15(21)14-5-9(20)7-18-14;/h1-2,6,9,11,14,18,20H,3-5,7-8H2;1H. The van der Waals surface area contributed by atoms with Crippen molar-refractivity contribution in [2.45, 2.75) is 31.1 Å². The number of aliphatic hydroxyl groups excluding tert-OH is 1. The van der Waals surface area contributed by atoms with Gasteiger partial charge in [-0.25, -0.2) is 0 Å². The third-order valence-corrected chi connectivity index (χ3v) is 4.80. The number of hydrogen-bond acceptors (Lipinski definition) is 4. The van der Waals surface area contributed by atoms with Crippen molar-refractivity contribution in [2.24, 2.45) is 0 Å². The predicted octanol–water partition coefficient (Wildman–Crippen LogP) is 2.12. The number of carbonyl (C=O) groups is 1. The molecule has 3 unspecified atom stereocenters. The molecule has 2 saturated heterocycles. The summed E-state index contributed by atoms with van der Waals surface area (Å²) in [6.07, 6.45) is 0.780. The number of nitrogens with one attached hydrogen (secondary N) is 1. The Morgan fingerprint density at radius 3 is 2.78 bits per heavy atom. The van der Waals surface area contributed by atoms with Gasteiger partial charge in [0.2, 0.25) is 5.91 Å². The molecule has 128 valence electrons. The fourth-order valence-corrected chi connectivity index (χ4v) is 3.18. The van der Waals surface area contributed by atoms with Crippen LogP contribution in [0.25, 0.3) is 0 Å². The second kappa shape index (κ2) is 7.90. The molecule has 2 N–H and O–H groups in total. The number of aliphatic hydroxyl groups is 1. The van der Waals surface area contributed by atoms with Crippen molar-refractivity contribution in [3.05, 3.63) is 28.2 Å². The van der Waals surface area contributed by atoms with E-state index >= 15 is 0 Å². The lowest BCUT2D eigenvalue weighted by Crippen LogP contribution is -2.43. The van der Waals surface area contributed by atoms with Crippen molar-refractivity contribution in [3.8, 4) is 5.75 Å². The van der Waals surface area contributed by atoms with Gasteiger partial charge in [-0.3, -0.25) is 4.79 Å². The first kappa shape index (κ1) is 18.6. The van der Waals surface area contributed by atoms with Crippen LogP contribution < -0.4 is 10.1 Å². The van der Waals surface area contributed by atoms with Crippen molar-refractivity contribution in [3.63, 3.8) is 0 Å². The Morgan fingerprint density at radius 2 is 2.13 bits per heavy atom. The maximum absolute atomic E-state index is 12.3. The van der Waals surface area contributed by atoms with E-state index < -0.39 is 6.10 Å². The fourth-order valence-electron chi connectivity index (χ4n) is 2.89. The van der Waals surface area contributed by atoms with E-state index in [1.165, 1.54) is 0 Å². The summed E-state index contributed by atoms with van der Waals surface area (Å²) in [6, 6.07) is 4.87. The molecule has 0 spiro atoms. The van der Waals surface area contributed by atoms with E-state index in [1.807, 2.05) is 0 Å². The van der Waals surface area contributed by atoms with Crippen LogP contribution in [0.2, 0.25) is 10.0 Å². The van der Waals surface area contributed by atoms with Crippen LogP contribution in [0, 0.1) is 0 Å². The van der Waals surface area contributed by atoms with Crippen LogP contribution >= 0.6 is 35.6 Å². The van der Waals surface area contributed by atoms with Gasteiger partial charge in [-0.1, -0.05) is 23.2 Å². The van der Waals surface area contributed by atoms with Crippen molar-refractivity contribution in [1.82, 2.24) is 10.2 Å². The van der Waals surface area contributed by atoms with Crippen LogP contribution in [0.3, 0.4) is 0 Å². The minimum absolute atomic E-state index is 0. The SMILES string of the molecule is Cl.O=C(C1CC(O)CN1)N1CCC(Oc2ccc(Cl)c(Cl)c2)C1. The van der Waals surface area contributed by atoms with E-state index in [4.69, 9.17) is 27.9 Å². The normalized spacial score (nSPS) is 26.9. The van der Waals surface area contributed by atoms with Gasteiger partial charge in [0.25, 0.3) is 0 Å². The second-order valence-corrected chi connectivity index (χ2v) is 6.55. The third kappa shape index (κ3) is 4.43. The van der Waals surface area contributed by atoms with Gasteiger partial charge in [-0.2, -0.15) is 0 Å². The molecule has 0 radical (unpaired) electrons. The summed E-state index contributed by atoms with van der Waals surface area (Å²) < 4.78 is 5.87. The molecule has 0 aliphatic carbocycles. The highest BCUT2D eigenvalue weighted by molar-refractivity contribution is 6.42. The lowest BCUT2D eigenvalue weighted by atomic mass is 10.2. The summed E-state index contributed by atoms with van der Waals surface area (Å²) in [7, 11) is 0. The highest BCUT2D eigenvalue weighted by Gasteiger charge is 2.35. The van der Waals surface area contributed by atoms with Crippen LogP contribution in [0.4, 0.5) is 0 Å². The second-order valence-electron chi connectivity index (χ2n) is 5.74. The van der Waals surface area contributed by atoms with E-state index in [9.17, 15) is 9.90 Å². The third-order valence-electron chi connectivity index (χ3n) is 4.06. The van der Waals surface area contributed by atoms with Gasteiger partial charge in [0.05, 0.1) is 28.7 Å². The molecule has 2 aliphatic rings. The van der Waals surface area contributed by atoms with E-state index in [1.54, 1.807) is 23.1 Å². The average molecular weight is 382 g/mol. The Hall–Kier alpha value is -0.720. The largest absolute Gasteiger partial charge is 0.488 e. The Bertz CT molecular complexity index is 573. The van der Waals surface area contributed by atoms with Crippen LogP contribution in [0.1, 0.15) is 12.8 Å². The molecule has 0 aromatic heterocycles. The molecule has 0 saturated carbocycles. The van der Waals surface area contributed by atoms with Crippen molar-refractivity contribution in [2.75, 3.05) is 19.6 Å². The number of nitrogens with zero attached hydrogens (tertiary/aromatic N) is 1. The first-order valence-electron chi connectivity index (χ1n) is 7.35. The number of β-amino-alcohol motifs (C(OH)–C–C–N with tert-alkyl or cyclic N) is 1. The van der Waals surface area contributed by atoms with Gasteiger partial charge in [-0.05, 0) is 18.6 Å². The molecular weight excluding hydrogens is 363 g/mol. The molecule has 1 aromatic rings. The maximum Gasteiger partial charge on any atom is 0.239 e. The smallest absolute Gasteiger partial charge is 0.239 e. The summed E-state index contributed by atoms with van der Waals surface area (Å²) >= 11 is 11.8. The van der Waals surface area contributed by atoms with Gasteiger partial charge < -0.3 is 20.1 Å². The van der Waals surface area contributed by atoms with Crippen LogP contribution in [-0.2, 0) is 4.79 Å². The molecule has 0 bridgehead atoms. The topological polar surface area (TPSA) is 61.8 Å². The zero-order chi connectivity index (χ0) is 15.7. The molecule has 1 aromatic carbocycles. The number of likely N-dealkylation sites (tertiary alicyclic amines) is 1. The van der Waals surface area contributed by atoms with Gasteiger partial charge in [0, 0.05) is 25.6 Å². The number of rotatable bonds is 3. The molecule has 3 rings (SSSR count). The number of halogens is 3. The first-order valence-corrected chi connectivity index (χ1v) is 8.10. The predicted molar refractivity (Wildman–Crippen MR) is 91.7 cm³/mol. The van der Waals surface area contributed by atoms with Crippen LogP contribution in [0.5, 0.6) is 5.75 Å². The molecule has 8 heteroatoms. The van der Waals surface area contributed by atoms with Gasteiger partial charge >= 0.3 is 0 Å². The molecule has 3 atom stereocenters. The molecule has 1 amide bonds. The number of benzene rings is 1.